The Morgan fingerprint density at radius 1 is 1.38 bits per heavy atom. The lowest BCUT2D eigenvalue weighted by Crippen LogP contribution is -2.63. The average Bonchev–Trinajstić information content (AvgIpc) is 2.26. The molecule has 1 fully saturated rings. The highest BCUT2D eigenvalue weighted by Crippen LogP contribution is 2.22. The summed E-state index contributed by atoms with van der Waals surface area (Å²) < 4.78 is 0. The van der Waals surface area contributed by atoms with Crippen LogP contribution in [0.3, 0.4) is 0 Å². The average molecular weight is 226 g/mol. The van der Waals surface area contributed by atoms with Crippen LogP contribution in [0.2, 0.25) is 0 Å². The smallest absolute Gasteiger partial charge is 0.0278 e. The second kappa shape index (κ2) is 6.02. The van der Waals surface area contributed by atoms with Gasteiger partial charge in [-0.25, -0.2) is 0 Å². The van der Waals surface area contributed by atoms with E-state index >= 15 is 0 Å². The molecule has 0 aromatic carbocycles. The van der Waals surface area contributed by atoms with Crippen molar-refractivity contribution in [2.45, 2.75) is 65.5 Å². The molecule has 2 heteroatoms. The lowest BCUT2D eigenvalue weighted by Gasteiger charge is -2.47. The van der Waals surface area contributed by atoms with Crippen LogP contribution in [0.4, 0.5) is 0 Å². The highest BCUT2D eigenvalue weighted by atomic mass is 15.3. The number of rotatable bonds is 5. The van der Waals surface area contributed by atoms with Crippen LogP contribution < -0.4 is 5.32 Å². The molecule has 2 nitrogen and oxygen atoms in total. The SMILES string of the molecule is CCCCN1CC(C)(CC)NCC1C(C)C. The van der Waals surface area contributed by atoms with Crippen LogP contribution in [0.1, 0.15) is 53.9 Å². The molecule has 2 atom stereocenters. The summed E-state index contributed by atoms with van der Waals surface area (Å²) in [5.41, 5.74) is 0.332. The summed E-state index contributed by atoms with van der Waals surface area (Å²) in [6.45, 7) is 15.3. The zero-order valence-corrected chi connectivity index (χ0v) is 11.8. The van der Waals surface area contributed by atoms with Gasteiger partial charge in [0, 0.05) is 24.7 Å². The summed E-state index contributed by atoms with van der Waals surface area (Å²) >= 11 is 0. The fraction of sp³-hybridized carbons (Fsp3) is 1.00. The third-order valence-corrected chi connectivity index (χ3v) is 4.11. The van der Waals surface area contributed by atoms with E-state index < -0.39 is 0 Å². The molecule has 0 aromatic heterocycles. The molecule has 0 radical (unpaired) electrons. The van der Waals surface area contributed by atoms with Crippen molar-refractivity contribution >= 4 is 0 Å². The van der Waals surface area contributed by atoms with E-state index in [1.165, 1.54) is 32.4 Å². The number of piperazine rings is 1. The summed E-state index contributed by atoms with van der Waals surface area (Å²) in [6, 6.07) is 0.728. The molecule has 1 saturated heterocycles. The molecule has 0 aliphatic carbocycles. The summed E-state index contributed by atoms with van der Waals surface area (Å²) in [5, 5.41) is 3.74. The Hall–Kier alpha value is -0.0800. The lowest BCUT2D eigenvalue weighted by atomic mass is 9.90. The van der Waals surface area contributed by atoms with Gasteiger partial charge in [0.2, 0.25) is 0 Å². The minimum Gasteiger partial charge on any atom is -0.309 e. The van der Waals surface area contributed by atoms with E-state index in [0.717, 1.165) is 18.5 Å². The first-order valence-corrected chi connectivity index (χ1v) is 7.01. The number of hydrogen-bond acceptors (Lipinski definition) is 2. The third kappa shape index (κ3) is 3.46. The van der Waals surface area contributed by atoms with Crippen LogP contribution >= 0.6 is 0 Å². The molecule has 96 valence electrons. The maximum atomic E-state index is 3.74. The Morgan fingerprint density at radius 3 is 2.56 bits per heavy atom. The van der Waals surface area contributed by atoms with Gasteiger partial charge in [0.15, 0.2) is 0 Å². The van der Waals surface area contributed by atoms with E-state index in [-0.39, 0.29) is 0 Å². The van der Waals surface area contributed by atoms with E-state index in [4.69, 9.17) is 0 Å². The van der Waals surface area contributed by atoms with Crippen molar-refractivity contribution in [3.05, 3.63) is 0 Å². The van der Waals surface area contributed by atoms with Crippen molar-refractivity contribution in [1.29, 1.82) is 0 Å². The van der Waals surface area contributed by atoms with E-state index in [1.54, 1.807) is 0 Å². The van der Waals surface area contributed by atoms with Crippen molar-refractivity contribution in [2.75, 3.05) is 19.6 Å². The second-order valence-electron chi connectivity index (χ2n) is 5.93. The van der Waals surface area contributed by atoms with Gasteiger partial charge in [-0.05, 0) is 32.2 Å². The van der Waals surface area contributed by atoms with E-state index in [2.05, 4.69) is 44.8 Å². The van der Waals surface area contributed by atoms with Crippen LogP contribution in [-0.4, -0.2) is 36.1 Å². The first kappa shape index (κ1) is 14.0. The second-order valence-corrected chi connectivity index (χ2v) is 5.93. The van der Waals surface area contributed by atoms with E-state index in [0.29, 0.717) is 5.54 Å². The molecule has 1 aliphatic rings. The van der Waals surface area contributed by atoms with Crippen molar-refractivity contribution in [2.24, 2.45) is 5.92 Å². The number of unbranched alkanes of at least 4 members (excludes halogenated alkanes) is 1. The van der Waals surface area contributed by atoms with Gasteiger partial charge in [0.1, 0.15) is 0 Å². The fourth-order valence-corrected chi connectivity index (χ4v) is 2.60. The van der Waals surface area contributed by atoms with Crippen LogP contribution in [0, 0.1) is 5.92 Å². The third-order valence-electron chi connectivity index (χ3n) is 4.11. The Balaban J connectivity index is 2.61. The molecule has 1 rings (SSSR count). The quantitative estimate of drug-likeness (QED) is 0.775. The zero-order chi connectivity index (χ0) is 12.2. The van der Waals surface area contributed by atoms with Gasteiger partial charge in [0.25, 0.3) is 0 Å². The maximum absolute atomic E-state index is 3.74. The first-order chi connectivity index (χ1) is 7.52. The fourth-order valence-electron chi connectivity index (χ4n) is 2.60. The van der Waals surface area contributed by atoms with Crippen LogP contribution in [0.5, 0.6) is 0 Å². The Bertz CT molecular complexity index is 203. The Labute approximate surface area is 102 Å². The van der Waals surface area contributed by atoms with Gasteiger partial charge in [-0.15, -0.1) is 0 Å². The number of nitrogens with zero attached hydrogens (tertiary/aromatic N) is 1. The molecule has 0 amide bonds. The van der Waals surface area contributed by atoms with Gasteiger partial charge in [-0.1, -0.05) is 34.1 Å². The molecule has 0 bridgehead atoms. The monoisotopic (exact) mass is 226 g/mol. The largest absolute Gasteiger partial charge is 0.309 e. The van der Waals surface area contributed by atoms with Crippen molar-refractivity contribution in [1.82, 2.24) is 10.2 Å². The molecule has 0 aromatic rings. The predicted octanol–water partition coefficient (Wildman–Crippen LogP) is 2.89. The van der Waals surface area contributed by atoms with Gasteiger partial charge in [-0.3, -0.25) is 4.90 Å². The standard InChI is InChI=1S/C14H30N2/c1-6-8-9-16-11-14(5,7-2)15-10-13(16)12(3)4/h12-13,15H,6-11H2,1-5H3. The maximum Gasteiger partial charge on any atom is 0.0278 e. The molecule has 1 heterocycles. The van der Waals surface area contributed by atoms with Gasteiger partial charge in [0.05, 0.1) is 0 Å². The van der Waals surface area contributed by atoms with Crippen molar-refractivity contribution in [3.63, 3.8) is 0 Å². The van der Waals surface area contributed by atoms with Gasteiger partial charge >= 0.3 is 0 Å². The highest BCUT2D eigenvalue weighted by Gasteiger charge is 2.35. The molecule has 1 aliphatic heterocycles. The van der Waals surface area contributed by atoms with Crippen LogP contribution in [0.25, 0.3) is 0 Å². The molecular weight excluding hydrogens is 196 g/mol. The number of nitrogens with one attached hydrogen (secondary N) is 1. The minimum absolute atomic E-state index is 0.332. The highest BCUT2D eigenvalue weighted by molar-refractivity contribution is 4.95. The zero-order valence-electron chi connectivity index (χ0n) is 11.8. The Morgan fingerprint density at radius 2 is 2.06 bits per heavy atom. The first-order valence-electron chi connectivity index (χ1n) is 7.01. The lowest BCUT2D eigenvalue weighted by molar-refractivity contribution is 0.0593. The molecule has 0 spiro atoms. The number of hydrogen-bond donors (Lipinski definition) is 1. The molecule has 16 heavy (non-hydrogen) atoms. The van der Waals surface area contributed by atoms with Crippen LogP contribution in [-0.2, 0) is 0 Å². The molecule has 1 N–H and O–H groups in total. The summed E-state index contributed by atoms with van der Waals surface area (Å²) in [6.07, 6.45) is 3.86. The molecular formula is C14H30N2. The topological polar surface area (TPSA) is 15.3 Å². The van der Waals surface area contributed by atoms with Gasteiger partial charge in [-0.2, -0.15) is 0 Å². The predicted molar refractivity (Wildman–Crippen MR) is 71.8 cm³/mol. The summed E-state index contributed by atoms with van der Waals surface area (Å²) in [4.78, 5) is 2.72. The summed E-state index contributed by atoms with van der Waals surface area (Å²) in [7, 11) is 0. The Kier molecular flexibility index (Phi) is 5.26. The van der Waals surface area contributed by atoms with E-state index in [1.807, 2.05) is 0 Å². The molecule has 0 saturated carbocycles. The minimum atomic E-state index is 0.332. The van der Waals surface area contributed by atoms with Crippen molar-refractivity contribution in [3.8, 4) is 0 Å². The van der Waals surface area contributed by atoms with Crippen LogP contribution in [0.15, 0.2) is 0 Å². The van der Waals surface area contributed by atoms with Crippen molar-refractivity contribution < 1.29 is 0 Å². The van der Waals surface area contributed by atoms with Gasteiger partial charge < -0.3 is 5.32 Å². The molecule has 2 unspecified atom stereocenters. The summed E-state index contributed by atoms with van der Waals surface area (Å²) in [5.74, 6) is 0.755. The normalized spacial score (nSPS) is 32.2. The van der Waals surface area contributed by atoms with E-state index in [9.17, 15) is 0 Å².